The van der Waals surface area contributed by atoms with E-state index in [1.807, 2.05) is 6.92 Å². The van der Waals surface area contributed by atoms with Gasteiger partial charge in [-0.2, -0.15) is 0 Å². The van der Waals surface area contributed by atoms with Crippen LogP contribution in [0.15, 0.2) is 12.3 Å². The SMILES string of the molecule is Cc1ccnc(CCl)c1O. The quantitative estimate of drug-likeness (QED) is 0.631. The first-order chi connectivity index (χ1) is 4.75. The molecule has 0 fully saturated rings. The lowest BCUT2D eigenvalue weighted by Gasteiger charge is -2.00. The second-order valence-corrected chi connectivity index (χ2v) is 2.32. The molecule has 1 aromatic rings. The van der Waals surface area contributed by atoms with E-state index in [1.54, 1.807) is 12.3 Å². The van der Waals surface area contributed by atoms with Crippen molar-refractivity contribution in [2.45, 2.75) is 12.8 Å². The van der Waals surface area contributed by atoms with Crippen molar-refractivity contribution in [2.75, 3.05) is 0 Å². The van der Waals surface area contributed by atoms with Gasteiger partial charge in [-0.05, 0) is 18.6 Å². The van der Waals surface area contributed by atoms with Crippen LogP contribution in [-0.4, -0.2) is 10.1 Å². The predicted molar refractivity (Wildman–Crippen MR) is 40.2 cm³/mol. The van der Waals surface area contributed by atoms with E-state index in [9.17, 15) is 5.11 Å². The van der Waals surface area contributed by atoms with Gasteiger partial charge in [0, 0.05) is 6.20 Å². The average Bonchev–Trinajstić information content (AvgIpc) is 1.95. The number of hydrogen-bond donors (Lipinski definition) is 1. The van der Waals surface area contributed by atoms with Crippen molar-refractivity contribution in [2.24, 2.45) is 0 Å². The lowest BCUT2D eigenvalue weighted by molar-refractivity contribution is 0.462. The summed E-state index contributed by atoms with van der Waals surface area (Å²) in [4.78, 5) is 3.88. The molecule has 2 nitrogen and oxygen atoms in total. The summed E-state index contributed by atoms with van der Waals surface area (Å²) in [6, 6.07) is 1.74. The van der Waals surface area contributed by atoms with E-state index < -0.39 is 0 Å². The molecule has 0 spiro atoms. The van der Waals surface area contributed by atoms with E-state index in [4.69, 9.17) is 11.6 Å². The molecule has 0 bridgehead atoms. The van der Waals surface area contributed by atoms with Gasteiger partial charge in [-0.3, -0.25) is 4.98 Å². The molecule has 0 aromatic carbocycles. The van der Waals surface area contributed by atoms with Crippen LogP contribution in [0, 0.1) is 6.92 Å². The van der Waals surface area contributed by atoms with Gasteiger partial charge in [0.25, 0.3) is 0 Å². The first kappa shape index (κ1) is 7.35. The highest BCUT2D eigenvalue weighted by atomic mass is 35.5. The molecular weight excluding hydrogens is 150 g/mol. The van der Waals surface area contributed by atoms with E-state index in [0.29, 0.717) is 5.69 Å². The molecule has 0 saturated heterocycles. The molecule has 1 N–H and O–H groups in total. The smallest absolute Gasteiger partial charge is 0.141 e. The third-order valence-corrected chi connectivity index (χ3v) is 1.58. The van der Waals surface area contributed by atoms with Gasteiger partial charge in [0.2, 0.25) is 0 Å². The first-order valence-corrected chi connectivity index (χ1v) is 3.48. The Morgan fingerprint density at radius 1 is 1.70 bits per heavy atom. The summed E-state index contributed by atoms with van der Waals surface area (Å²) in [6.07, 6.45) is 1.63. The van der Waals surface area contributed by atoms with E-state index in [2.05, 4.69) is 4.98 Å². The minimum Gasteiger partial charge on any atom is -0.506 e. The Morgan fingerprint density at radius 3 is 2.90 bits per heavy atom. The highest BCUT2D eigenvalue weighted by molar-refractivity contribution is 6.17. The van der Waals surface area contributed by atoms with E-state index in [1.165, 1.54) is 0 Å². The number of halogens is 1. The van der Waals surface area contributed by atoms with Gasteiger partial charge in [-0.1, -0.05) is 0 Å². The Kier molecular flexibility index (Phi) is 2.12. The van der Waals surface area contributed by atoms with Crippen molar-refractivity contribution >= 4 is 11.6 Å². The van der Waals surface area contributed by atoms with Crippen molar-refractivity contribution in [1.82, 2.24) is 4.98 Å². The molecule has 1 aromatic heterocycles. The van der Waals surface area contributed by atoms with Crippen LogP contribution in [0.5, 0.6) is 5.75 Å². The van der Waals surface area contributed by atoms with Crippen molar-refractivity contribution in [3.8, 4) is 5.75 Å². The van der Waals surface area contributed by atoms with Gasteiger partial charge in [-0.25, -0.2) is 0 Å². The Morgan fingerprint density at radius 2 is 2.40 bits per heavy atom. The van der Waals surface area contributed by atoms with E-state index in [-0.39, 0.29) is 11.6 Å². The van der Waals surface area contributed by atoms with Crippen molar-refractivity contribution in [3.05, 3.63) is 23.5 Å². The van der Waals surface area contributed by atoms with Crippen LogP contribution >= 0.6 is 11.6 Å². The number of rotatable bonds is 1. The Hall–Kier alpha value is -0.760. The zero-order valence-electron chi connectivity index (χ0n) is 5.63. The van der Waals surface area contributed by atoms with Crippen molar-refractivity contribution in [1.29, 1.82) is 0 Å². The third-order valence-electron chi connectivity index (χ3n) is 1.33. The van der Waals surface area contributed by atoms with Gasteiger partial charge in [-0.15, -0.1) is 11.6 Å². The maximum atomic E-state index is 9.25. The van der Waals surface area contributed by atoms with Gasteiger partial charge in [0.15, 0.2) is 0 Å². The van der Waals surface area contributed by atoms with Gasteiger partial charge >= 0.3 is 0 Å². The molecule has 54 valence electrons. The second kappa shape index (κ2) is 2.88. The van der Waals surface area contributed by atoms with E-state index in [0.717, 1.165) is 5.56 Å². The lowest BCUT2D eigenvalue weighted by Crippen LogP contribution is -1.86. The normalized spacial score (nSPS) is 9.80. The van der Waals surface area contributed by atoms with Crippen LogP contribution in [0.2, 0.25) is 0 Å². The molecule has 0 unspecified atom stereocenters. The topological polar surface area (TPSA) is 33.1 Å². The summed E-state index contributed by atoms with van der Waals surface area (Å²) < 4.78 is 0. The Bertz CT molecular complexity index is 237. The molecule has 0 aliphatic heterocycles. The molecule has 0 amide bonds. The summed E-state index contributed by atoms with van der Waals surface area (Å²) in [5.74, 6) is 0.463. The molecule has 0 atom stereocenters. The number of alkyl halides is 1. The summed E-state index contributed by atoms with van der Waals surface area (Å²) in [6.45, 7) is 1.81. The highest BCUT2D eigenvalue weighted by Crippen LogP contribution is 2.19. The van der Waals surface area contributed by atoms with Crippen LogP contribution in [0.4, 0.5) is 0 Å². The molecule has 0 radical (unpaired) electrons. The molecular formula is C7H8ClNO. The number of hydrogen-bond acceptors (Lipinski definition) is 2. The second-order valence-electron chi connectivity index (χ2n) is 2.06. The van der Waals surface area contributed by atoms with Crippen LogP contribution in [0.1, 0.15) is 11.3 Å². The van der Waals surface area contributed by atoms with Crippen LogP contribution in [0.25, 0.3) is 0 Å². The van der Waals surface area contributed by atoms with Gasteiger partial charge in [0.1, 0.15) is 5.75 Å². The van der Waals surface area contributed by atoms with Crippen molar-refractivity contribution in [3.63, 3.8) is 0 Å². The fraction of sp³-hybridized carbons (Fsp3) is 0.286. The predicted octanol–water partition coefficient (Wildman–Crippen LogP) is 1.83. The number of nitrogens with zero attached hydrogens (tertiary/aromatic N) is 1. The average molecular weight is 158 g/mol. The number of aromatic nitrogens is 1. The zero-order valence-corrected chi connectivity index (χ0v) is 6.39. The Labute approximate surface area is 64.5 Å². The summed E-state index contributed by atoms with van der Waals surface area (Å²) in [5, 5.41) is 9.25. The summed E-state index contributed by atoms with van der Waals surface area (Å²) in [7, 11) is 0. The molecule has 0 aliphatic rings. The van der Waals surface area contributed by atoms with E-state index >= 15 is 0 Å². The Balaban J connectivity index is 3.14. The highest BCUT2D eigenvalue weighted by Gasteiger charge is 2.01. The molecule has 0 aliphatic carbocycles. The van der Waals surface area contributed by atoms with Crippen LogP contribution in [0.3, 0.4) is 0 Å². The molecule has 0 saturated carbocycles. The summed E-state index contributed by atoms with van der Waals surface area (Å²) >= 11 is 5.48. The number of aromatic hydroxyl groups is 1. The first-order valence-electron chi connectivity index (χ1n) is 2.95. The number of aryl methyl sites for hydroxylation is 1. The fourth-order valence-corrected chi connectivity index (χ4v) is 0.900. The zero-order chi connectivity index (χ0) is 7.56. The summed E-state index contributed by atoms with van der Waals surface area (Å²) in [5.41, 5.74) is 1.35. The lowest BCUT2D eigenvalue weighted by atomic mass is 10.2. The third kappa shape index (κ3) is 1.21. The monoisotopic (exact) mass is 157 g/mol. The molecule has 1 heterocycles. The number of pyridine rings is 1. The maximum Gasteiger partial charge on any atom is 0.141 e. The van der Waals surface area contributed by atoms with Crippen LogP contribution < -0.4 is 0 Å². The minimum absolute atomic E-state index is 0.206. The van der Waals surface area contributed by atoms with Gasteiger partial charge < -0.3 is 5.11 Å². The van der Waals surface area contributed by atoms with Crippen LogP contribution in [-0.2, 0) is 5.88 Å². The van der Waals surface area contributed by atoms with Crippen molar-refractivity contribution < 1.29 is 5.11 Å². The maximum absolute atomic E-state index is 9.25. The molecule has 1 rings (SSSR count). The molecule has 3 heteroatoms. The van der Waals surface area contributed by atoms with Gasteiger partial charge in [0.05, 0.1) is 11.6 Å². The fourth-order valence-electron chi connectivity index (χ4n) is 0.705. The standard InChI is InChI=1S/C7H8ClNO/c1-5-2-3-9-6(4-8)7(5)10/h2-3,10H,4H2,1H3. The molecule has 10 heavy (non-hydrogen) atoms. The minimum atomic E-state index is 0.206. The largest absolute Gasteiger partial charge is 0.506 e.